The van der Waals surface area contributed by atoms with Crippen LogP contribution in [0.5, 0.6) is 0 Å². The molecule has 1 atom stereocenters. The van der Waals surface area contributed by atoms with Crippen LogP contribution in [-0.4, -0.2) is 56.4 Å². The fraction of sp³-hybridized carbons (Fsp3) is 0.500. The maximum Gasteiger partial charge on any atom is 0.225 e. The highest BCUT2D eigenvalue weighted by Crippen LogP contribution is 2.23. The Kier molecular flexibility index (Phi) is 4.48. The average molecular weight is 330 g/mol. The number of anilines is 1. The van der Waals surface area contributed by atoms with Crippen LogP contribution in [-0.2, 0) is 11.2 Å². The van der Waals surface area contributed by atoms with Gasteiger partial charge in [-0.15, -0.1) is 0 Å². The summed E-state index contributed by atoms with van der Waals surface area (Å²) in [6.45, 7) is 5.04. The summed E-state index contributed by atoms with van der Waals surface area (Å²) in [4.78, 5) is 22.5. The van der Waals surface area contributed by atoms with E-state index in [1.165, 1.54) is 0 Å². The Morgan fingerprint density at radius 1 is 1.42 bits per heavy atom. The number of amides is 1. The number of hydrogen-bond donors (Lipinski definition) is 3. The fourth-order valence-electron chi connectivity index (χ4n) is 2.95. The maximum atomic E-state index is 12.2. The molecule has 1 amide bonds. The molecule has 8 nitrogen and oxygen atoms in total. The van der Waals surface area contributed by atoms with Crippen LogP contribution in [0.4, 0.5) is 5.95 Å². The molecule has 0 radical (unpaired) electrons. The van der Waals surface area contributed by atoms with E-state index in [-0.39, 0.29) is 18.9 Å². The lowest BCUT2D eigenvalue weighted by Crippen LogP contribution is -2.45. The Hall–Kier alpha value is -2.48. The van der Waals surface area contributed by atoms with E-state index in [2.05, 4.69) is 25.5 Å². The third-order valence-corrected chi connectivity index (χ3v) is 4.40. The van der Waals surface area contributed by atoms with Crippen molar-refractivity contribution in [1.82, 2.24) is 25.5 Å². The van der Waals surface area contributed by atoms with Crippen LogP contribution in [0.2, 0.25) is 0 Å². The van der Waals surface area contributed by atoms with Crippen molar-refractivity contribution in [2.75, 3.05) is 24.5 Å². The van der Waals surface area contributed by atoms with E-state index in [0.717, 1.165) is 17.0 Å². The fourth-order valence-corrected chi connectivity index (χ4v) is 2.95. The van der Waals surface area contributed by atoms with E-state index in [9.17, 15) is 9.90 Å². The van der Waals surface area contributed by atoms with Gasteiger partial charge in [0.2, 0.25) is 11.9 Å². The predicted octanol–water partition coefficient (Wildman–Crippen LogP) is 0.117. The van der Waals surface area contributed by atoms with Crippen LogP contribution in [0, 0.1) is 13.8 Å². The molecular formula is C16H22N6O2. The number of aliphatic hydroxyl groups is 1. The number of carbonyl (C=O) groups excluding carboxylic acids is 1. The molecule has 3 heterocycles. The topological polar surface area (TPSA) is 107 Å². The van der Waals surface area contributed by atoms with Gasteiger partial charge < -0.3 is 15.3 Å². The molecular weight excluding hydrogens is 308 g/mol. The van der Waals surface area contributed by atoms with E-state index in [0.29, 0.717) is 25.5 Å². The van der Waals surface area contributed by atoms with E-state index in [1.54, 1.807) is 18.5 Å². The molecule has 1 fully saturated rings. The Morgan fingerprint density at radius 3 is 2.83 bits per heavy atom. The van der Waals surface area contributed by atoms with E-state index < -0.39 is 5.60 Å². The summed E-state index contributed by atoms with van der Waals surface area (Å²) in [7, 11) is 0. The molecule has 0 spiro atoms. The van der Waals surface area contributed by atoms with Crippen LogP contribution >= 0.6 is 0 Å². The van der Waals surface area contributed by atoms with Gasteiger partial charge in [0.25, 0.3) is 0 Å². The summed E-state index contributed by atoms with van der Waals surface area (Å²) in [5.74, 6) is 0.481. The second-order valence-corrected chi connectivity index (χ2v) is 6.31. The van der Waals surface area contributed by atoms with Crippen molar-refractivity contribution in [2.45, 2.75) is 32.3 Å². The minimum atomic E-state index is -0.963. The molecule has 1 aliphatic heterocycles. The van der Waals surface area contributed by atoms with Crippen LogP contribution < -0.4 is 10.2 Å². The van der Waals surface area contributed by atoms with Gasteiger partial charge in [-0.25, -0.2) is 9.97 Å². The maximum absolute atomic E-state index is 12.2. The second kappa shape index (κ2) is 6.56. The molecule has 1 aliphatic rings. The Bertz CT molecular complexity index is 697. The number of H-pyrrole nitrogens is 1. The van der Waals surface area contributed by atoms with Crippen LogP contribution in [0.25, 0.3) is 0 Å². The number of aryl methyl sites for hydroxylation is 2. The van der Waals surface area contributed by atoms with Crippen molar-refractivity contribution in [1.29, 1.82) is 0 Å². The number of nitrogens with zero attached hydrogens (tertiary/aromatic N) is 4. The van der Waals surface area contributed by atoms with Gasteiger partial charge in [-0.05, 0) is 26.3 Å². The van der Waals surface area contributed by atoms with E-state index in [4.69, 9.17) is 0 Å². The molecule has 0 bridgehead atoms. The van der Waals surface area contributed by atoms with Crippen molar-refractivity contribution < 1.29 is 9.90 Å². The summed E-state index contributed by atoms with van der Waals surface area (Å²) in [5, 5.41) is 20.5. The third kappa shape index (κ3) is 3.53. The molecule has 24 heavy (non-hydrogen) atoms. The monoisotopic (exact) mass is 330 g/mol. The SMILES string of the molecule is Cc1n[nH]c(C)c1CC(=O)NCC1(O)CCN(c2ncccn2)C1. The van der Waals surface area contributed by atoms with Gasteiger partial charge in [-0.3, -0.25) is 9.89 Å². The van der Waals surface area contributed by atoms with Gasteiger partial charge in [0.05, 0.1) is 18.7 Å². The smallest absolute Gasteiger partial charge is 0.225 e. The minimum absolute atomic E-state index is 0.120. The minimum Gasteiger partial charge on any atom is -0.386 e. The molecule has 1 saturated heterocycles. The third-order valence-electron chi connectivity index (χ3n) is 4.40. The number of carbonyl (C=O) groups is 1. The molecule has 3 N–H and O–H groups in total. The van der Waals surface area contributed by atoms with Crippen molar-refractivity contribution in [3.05, 3.63) is 35.4 Å². The summed E-state index contributed by atoms with van der Waals surface area (Å²) < 4.78 is 0. The molecule has 0 aliphatic carbocycles. The van der Waals surface area contributed by atoms with Gasteiger partial charge in [-0.1, -0.05) is 0 Å². The first-order chi connectivity index (χ1) is 11.5. The molecule has 3 rings (SSSR count). The highest BCUT2D eigenvalue weighted by molar-refractivity contribution is 5.79. The van der Waals surface area contributed by atoms with Crippen LogP contribution in [0.3, 0.4) is 0 Å². The van der Waals surface area contributed by atoms with E-state index >= 15 is 0 Å². The summed E-state index contributed by atoms with van der Waals surface area (Å²) in [5.41, 5.74) is 1.67. The lowest BCUT2D eigenvalue weighted by Gasteiger charge is -2.23. The second-order valence-electron chi connectivity index (χ2n) is 6.31. The number of β-amino-alcohol motifs (C(OH)–C–C–N with tert-alkyl or cyclic N) is 1. The first kappa shape index (κ1) is 16.4. The number of rotatable bonds is 5. The van der Waals surface area contributed by atoms with Crippen LogP contribution in [0.15, 0.2) is 18.5 Å². The molecule has 0 aromatic carbocycles. The average Bonchev–Trinajstić information content (AvgIpc) is 3.12. The first-order valence-corrected chi connectivity index (χ1v) is 7.98. The van der Waals surface area contributed by atoms with Crippen LogP contribution in [0.1, 0.15) is 23.4 Å². The Balaban J connectivity index is 1.54. The highest BCUT2D eigenvalue weighted by atomic mass is 16.3. The van der Waals surface area contributed by atoms with Crippen molar-refractivity contribution in [3.8, 4) is 0 Å². The van der Waals surface area contributed by atoms with Crippen molar-refractivity contribution in [3.63, 3.8) is 0 Å². The summed E-state index contributed by atoms with van der Waals surface area (Å²) >= 11 is 0. The normalized spacial score (nSPS) is 20.4. The molecule has 128 valence electrons. The van der Waals surface area contributed by atoms with Crippen molar-refractivity contribution >= 4 is 11.9 Å². The molecule has 0 saturated carbocycles. The van der Waals surface area contributed by atoms with Gasteiger partial charge in [-0.2, -0.15) is 5.10 Å². The van der Waals surface area contributed by atoms with Gasteiger partial charge >= 0.3 is 0 Å². The Morgan fingerprint density at radius 2 is 2.17 bits per heavy atom. The van der Waals surface area contributed by atoms with Gasteiger partial charge in [0.1, 0.15) is 5.60 Å². The molecule has 8 heteroatoms. The van der Waals surface area contributed by atoms with Gasteiger partial charge in [0, 0.05) is 36.7 Å². The number of aromatic nitrogens is 4. The van der Waals surface area contributed by atoms with Crippen molar-refractivity contribution in [2.24, 2.45) is 0 Å². The molecule has 2 aromatic rings. The predicted molar refractivity (Wildman–Crippen MR) is 88.6 cm³/mol. The zero-order valence-electron chi connectivity index (χ0n) is 13.9. The molecule has 2 aromatic heterocycles. The Labute approximate surface area is 140 Å². The standard InChI is InChI=1S/C16H22N6O2/c1-11-13(12(2)21-20-11)8-14(23)19-9-16(24)4-7-22(10-16)15-17-5-3-6-18-15/h3,5-6,24H,4,7-10H2,1-2H3,(H,19,23)(H,20,21). The number of hydrogen-bond acceptors (Lipinski definition) is 6. The lowest BCUT2D eigenvalue weighted by molar-refractivity contribution is -0.121. The lowest BCUT2D eigenvalue weighted by atomic mass is 10.0. The number of nitrogens with one attached hydrogen (secondary N) is 2. The zero-order chi connectivity index (χ0) is 17.2. The largest absolute Gasteiger partial charge is 0.386 e. The highest BCUT2D eigenvalue weighted by Gasteiger charge is 2.37. The quantitative estimate of drug-likeness (QED) is 0.719. The molecule has 1 unspecified atom stereocenters. The van der Waals surface area contributed by atoms with E-state index in [1.807, 2.05) is 18.7 Å². The summed E-state index contributed by atoms with van der Waals surface area (Å²) in [6.07, 6.45) is 4.18. The zero-order valence-corrected chi connectivity index (χ0v) is 13.9. The van der Waals surface area contributed by atoms with Gasteiger partial charge in [0.15, 0.2) is 0 Å². The first-order valence-electron chi connectivity index (χ1n) is 7.98. The number of aromatic amines is 1. The summed E-state index contributed by atoms with van der Waals surface area (Å²) in [6, 6.07) is 1.76.